The van der Waals surface area contributed by atoms with Gasteiger partial charge in [-0.05, 0) is 43.5 Å². The van der Waals surface area contributed by atoms with E-state index >= 15 is 0 Å². The molecule has 1 atom stereocenters. The van der Waals surface area contributed by atoms with Gasteiger partial charge in [-0.1, -0.05) is 0 Å². The van der Waals surface area contributed by atoms with Gasteiger partial charge in [0.1, 0.15) is 19.0 Å². The van der Waals surface area contributed by atoms with Crippen molar-refractivity contribution in [3.63, 3.8) is 0 Å². The molecule has 1 unspecified atom stereocenters. The predicted octanol–water partition coefficient (Wildman–Crippen LogP) is 2.42. The normalized spacial score (nSPS) is 21.0. The monoisotopic (exact) mass is 315 g/mol. The van der Waals surface area contributed by atoms with Gasteiger partial charge in [0, 0.05) is 18.7 Å². The number of benzene rings is 1. The third-order valence-corrected chi connectivity index (χ3v) is 4.34. The number of aromatic nitrogens is 3. The van der Waals surface area contributed by atoms with Crippen LogP contribution in [0.3, 0.4) is 0 Å². The molecule has 1 saturated heterocycles. The molecule has 1 aromatic heterocycles. The third-order valence-electron chi connectivity index (χ3n) is 4.34. The highest BCUT2D eigenvalue weighted by Crippen LogP contribution is 2.24. The van der Waals surface area contributed by atoms with Crippen LogP contribution in [-0.2, 0) is 22.6 Å². The van der Waals surface area contributed by atoms with Crippen molar-refractivity contribution in [1.29, 1.82) is 0 Å². The second kappa shape index (κ2) is 6.68. The van der Waals surface area contributed by atoms with Crippen molar-refractivity contribution in [2.24, 2.45) is 0 Å². The molecule has 2 aliphatic rings. The average molecular weight is 315 g/mol. The van der Waals surface area contributed by atoms with Crippen molar-refractivity contribution in [3.05, 3.63) is 30.1 Å². The van der Waals surface area contributed by atoms with E-state index in [1.165, 1.54) is 12.8 Å². The van der Waals surface area contributed by atoms with Gasteiger partial charge >= 0.3 is 0 Å². The topological polar surface area (TPSA) is 58.4 Å². The molecule has 1 aromatic carbocycles. The molecule has 23 heavy (non-hydrogen) atoms. The maximum atomic E-state index is 5.84. The number of ether oxygens (including phenoxy) is 3. The lowest BCUT2D eigenvalue weighted by Gasteiger charge is -2.22. The van der Waals surface area contributed by atoms with Gasteiger partial charge in [-0.25, -0.2) is 0 Å². The van der Waals surface area contributed by atoms with Crippen molar-refractivity contribution in [2.75, 3.05) is 19.8 Å². The van der Waals surface area contributed by atoms with E-state index in [1.54, 1.807) is 0 Å². The number of rotatable bonds is 4. The van der Waals surface area contributed by atoms with Crippen LogP contribution in [0.15, 0.2) is 24.3 Å². The highest BCUT2D eigenvalue weighted by atomic mass is 16.5. The van der Waals surface area contributed by atoms with Gasteiger partial charge in [0.25, 0.3) is 0 Å². The fourth-order valence-corrected chi connectivity index (χ4v) is 3.04. The highest BCUT2D eigenvalue weighted by molar-refractivity contribution is 5.56. The lowest BCUT2D eigenvalue weighted by molar-refractivity contribution is -0.0110. The lowest BCUT2D eigenvalue weighted by Crippen LogP contribution is -2.25. The Morgan fingerprint density at radius 1 is 1.13 bits per heavy atom. The fourth-order valence-electron chi connectivity index (χ4n) is 3.04. The molecule has 2 aromatic rings. The Kier molecular flexibility index (Phi) is 4.26. The molecule has 0 radical (unpaired) electrons. The molecular formula is C17H21N3O3. The number of nitrogens with zero attached hydrogens (tertiary/aromatic N) is 3. The van der Waals surface area contributed by atoms with E-state index in [9.17, 15) is 0 Å². The molecule has 2 aliphatic heterocycles. The zero-order chi connectivity index (χ0) is 15.5. The first kappa shape index (κ1) is 14.7. The van der Waals surface area contributed by atoms with Crippen molar-refractivity contribution >= 4 is 0 Å². The fraction of sp³-hybridized carbons (Fsp3) is 0.529. The van der Waals surface area contributed by atoms with Gasteiger partial charge in [0.15, 0.2) is 11.6 Å². The van der Waals surface area contributed by atoms with Crippen LogP contribution in [-0.4, -0.2) is 40.7 Å². The summed E-state index contributed by atoms with van der Waals surface area (Å²) in [6.45, 7) is 3.52. The Labute approximate surface area is 135 Å². The summed E-state index contributed by atoms with van der Waals surface area (Å²) in [7, 11) is 0. The summed E-state index contributed by atoms with van der Waals surface area (Å²) in [4.78, 5) is 0. The van der Waals surface area contributed by atoms with Gasteiger partial charge < -0.3 is 18.8 Å². The summed E-state index contributed by atoms with van der Waals surface area (Å²) in [5, 5.41) is 8.48. The van der Waals surface area contributed by atoms with Crippen LogP contribution in [0.2, 0.25) is 0 Å². The first-order valence-corrected chi connectivity index (χ1v) is 8.25. The van der Waals surface area contributed by atoms with E-state index in [1.807, 2.05) is 24.3 Å². The second-order valence-electron chi connectivity index (χ2n) is 5.97. The number of hydrogen-bond acceptors (Lipinski definition) is 5. The summed E-state index contributed by atoms with van der Waals surface area (Å²) in [6, 6.07) is 8.03. The van der Waals surface area contributed by atoms with Crippen LogP contribution in [0.5, 0.6) is 5.75 Å². The molecule has 0 aliphatic carbocycles. The molecule has 0 spiro atoms. The van der Waals surface area contributed by atoms with Gasteiger partial charge in [0.2, 0.25) is 0 Å². The quantitative estimate of drug-likeness (QED) is 0.867. The highest BCUT2D eigenvalue weighted by Gasteiger charge is 2.17. The summed E-state index contributed by atoms with van der Waals surface area (Å²) in [6.07, 6.45) is 3.71. The van der Waals surface area contributed by atoms with E-state index in [0.29, 0.717) is 19.8 Å². The summed E-state index contributed by atoms with van der Waals surface area (Å²) in [5.74, 6) is 2.65. The Morgan fingerprint density at radius 2 is 2.04 bits per heavy atom. The summed E-state index contributed by atoms with van der Waals surface area (Å²) in [5.41, 5.74) is 1.05. The van der Waals surface area contributed by atoms with Crippen LogP contribution >= 0.6 is 0 Å². The zero-order valence-corrected chi connectivity index (χ0v) is 13.1. The molecule has 0 amide bonds. The summed E-state index contributed by atoms with van der Waals surface area (Å²) >= 11 is 0. The van der Waals surface area contributed by atoms with Crippen LogP contribution in [0.1, 0.15) is 25.1 Å². The minimum Gasteiger partial charge on any atom is -0.491 e. The van der Waals surface area contributed by atoms with E-state index in [4.69, 9.17) is 14.2 Å². The second-order valence-corrected chi connectivity index (χ2v) is 5.97. The van der Waals surface area contributed by atoms with Crippen molar-refractivity contribution in [1.82, 2.24) is 14.8 Å². The Bertz CT molecular complexity index is 648. The van der Waals surface area contributed by atoms with Gasteiger partial charge in [-0.3, -0.25) is 0 Å². The number of hydrogen-bond donors (Lipinski definition) is 0. The molecule has 4 rings (SSSR count). The maximum Gasteiger partial charge on any atom is 0.164 e. The van der Waals surface area contributed by atoms with Crippen molar-refractivity contribution in [3.8, 4) is 17.1 Å². The average Bonchev–Trinajstić information content (AvgIpc) is 3.05. The number of fused-ring (bicyclic) bond motifs is 1. The minimum absolute atomic E-state index is 0.229. The Morgan fingerprint density at radius 3 is 2.87 bits per heavy atom. The van der Waals surface area contributed by atoms with E-state index < -0.39 is 0 Å². The van der Waals surface area contributed by atoms with Crippen LogP contribution in [0.25, 0.3) is 11.4 Å². The Balaban J connectivity index is 1.42. The molecule has 6 heteroatoms. The van der Waals surface area contributed by atoms with Gasteiger partial charge in [-0.2, -0.15) is 0 Å². The first-order valence-electron chi connectivity index (χ1n) is 8.25. The van der Waals surface area contributed by atoms with Crippen LogP contribution in [0, 0.1) is 0 Å². The van der Waals surface area contributed by atoms with Crippen LogP contribution in [0.4, 0.5) is 0 Å². The molecule has 1 fully saturated rings. The molecule has 0 N–H and O–H groups in total. The Hall–Kier alpha value is -1.92. The molecule has 122 valence electrons. The SMILES string of the molecule is c1cc(-c2nnc3n2CCOC3)ccc1OCC1CCCCO1. The van der Waals surface area contributed by atoms with E-state index in [0.717, 1.165) is 42.5 Å². The first-order chi connectivity index (χ1) is 11.4. The van der Waals surface area contributed by atoms with E-state index in [-0.39, 0.29) is 6.10 Å². The minimum atomic E-state index is 0.229. The zero-order valence-electron chi connectivity index (χ0n) is 13.1. The van der Waals surface area contributed by atoms with Crippen molar-refractivity contribution < 1.29 is 14.2 Å². The third kappa shape index (κ3) is 3.23. The molecule has 0 bridgehead atoms. The standard InChI is InChI=1S/C17H21N3O3/c1-2-9-22-15(3-1)11-23-14-6-4-13(5-7-14)17-19-18-16-12-21-10-8-20(16)17/h4-7,15H,1-3,8-12H2. The molecular weight excluding hydrogens is 294 g/mol. The smallest absolute Gasteiger partial charge is 0.164 e. The van der Waals surface area contributed by atoms with E-state index in [2.05, 4.69) is 14.8 Å². The molecule has 6 nitrogen and oxygen atoms in total. The predicted molar refractivity (Wildman–Crippen MR) is 84.2 cm³/mol. The maximum absolute atomic E-state index is 5.84. The van der Waals surface area contributed by atoms with Gasteiger partial charge in [-0.15, -0.1) is 10.2 Å². The molecule has 0 saturated carbocycles. The van der Waals surface area contributed by atoms with Crippen LogP contribution < -0.4 is 4.74 Å². The summed E-state index contributed by atoms with van der Waals surface area (Å²) < 4.78 is 19.0. The van der Waals surface area contributed by atoms with Crippen molar-refractivity contribution in [2.45, 2.75) is 38.5 Å². The largest absolute Gasteiger partial charge is 0.491 e. The lowest BCUT2D eigenvalue weighted by atomic mass is 10.1. The molecule has 3 heterocycles. The van der Waals surface area contributed by atoms with Gasteiger partial charge in [0.05, 0.1) is 12.7 Å².